The van der Waals surface area contributed by atoms with Gasteiger partial charge in [0.2, 0.25) is 5.91 Å². The molecule has 1 heterocycles. The van der Waals surface area contributed by atoms with Gasteiger partial charge in [-0.15, -0.1) is 11.3 Å². The minimum atomic E-state index is -0.980. The number of aromatic nitrogens is 1. The zero-order valence-electron chi connectivity index (χ0n) is 12.5. The van der Waals surface area contributed by atoms with E-state index >= 15 is 0 Å². The smallest absolute Gasteiger partial charge is 0.347 e. The van der Waals surface area contributed by atoms with Crippen molar-refractivity contribution >= 4 is 28.9 Å². The van der Waals surface area contributed by atoms with Gasteiger partial charge in [-0.25, -0.2) is 9.78 Å². The van der Waals surface area contributed by atoms with E-state index in [9.17, 15) is 14.7 Å². The van der Waals surface area contributed by atoms with Crippen molar-refractivity contribution < 1.29 is 14.7 Å². The lowest BCUT2D eigenvalue weighted by Crippen LogP contribution is -2.14. The van der Waals surface area contributed by atoms with Crippen molar-refractivity contribution in [1.29, 1.82) is 0 Å². The number of carbonyl (C=O) groups is 2. The number of benzene rings is 1. The maximum atomic E-state index is 12.0. The quantitative estimate of drug-likeness (QED) is 0.856. The van der Waals surface area contributed by atoms with Gasteiger partial charge < -0.3 is 10.4 Å². The molecule has 0 aliphatic heterocycles. The molecule has 2 aromatic rings. The van der Waals surface area contributed by atoms with Crippen molar-refractivity contribution in [3.63, 3.8) is 0 Å². The normalized spacial score (nSPS) is 10.5. The van der Waals surface area contributed by atoms with E-state index in [-0.39, 0.29) is 17.2 Å². The first-order valence-electron chi connectivity index (χ1n) is 7.08. The molecule has 2 N–H and O–H groups in total. The SMILES string of the molecule is CCCc1nc(CC(=O)Nc2cccc(C)c2)sc1C(=O)O. The Morgan fingerprint density at radius 3 is 2.77 bits per heavy atom. The van der Waals surface area contributed by atoms with Crippen molar-refractivity contribution in [1.82, 2.24) is 4.98 Å². The highest BCUT2D eigenvalue weighted by atomic mass is 32.1. The van der Waals surface area contributed by atoms with Crippen LogP contribution in [-0.2, 0) is 17.6 Å². The van der Waals surface area contributed by atoms with Crippen molar-refractivity contribution in [3.05, 3.63) is 45.4 Å². The molecule has 0 fully saturated rings. The fourth-order valence-electron chi connectivity index (χ4n) is 2.12. The molecule has 0 radical (unpaired) electrons. The molecule has 0 unspecified atom stereocenters. The van der Waals surface area contributed by atoms with Crippen LogP contribution in [0.2, 0.25) is 0 Å². The number of nitrogens with one attached hydrogen (secondary N) is 1. The lowest BCUT2D eigenvalue weighted by Gasteiger charge is -2.04. The van der Waals surface area contributed by atoms with Crippen LogP contribution in [0.25, 0.3) is 0 Å². The average molecular weight is 318 g/mol. The second-order valence-electron chi connectivity index (χ2n) is 5.03. The third-order valence-electron chi connectivity index (χ3n) is 3.04. The Balaban J connectivity index is 2.08. The predicted octanol–water partition coefficient (Wildman–Crippen LogP) is 3.28. The summed E-state index contributed by atoms with van der Waals surface area (Å²) >= 11 is 1.08. The average Bonchev–Trinajstić information content (AvgIpc) is 2.82. The number of anilines is 1. The highest BCUT2D eigenvalue weighted by Crippen LogP contribution is 2.21. The molecular formula is C16H18N2O3S. The summed E-state index contributed by atoms with van der Waals surface area (Å²) in [5.41, 5.74) is 2.36. The predicted molar refractivity (Wildman–Crippen MR) is 86.6 cm³/mol. The van der Waals surface area contributed by atoms with Gasteiger partial charge in [-0.1, -0.05) is 25.5 Å². The van der Waals surface area contributed by atoms with Crippen LogP contribution in [0.3, 0.4) is 0 Å². The van der Waals surface area contributed by atoms with Crippen LogP contribution < -0.4 is 5.32 Å². The Morgan fingerprint density at radius 1 is 1.36 bits per heavy atom. The molecular weight excluding hydrogens is 300 g/mol. The number of thiazole rings is 1. The first-order chi connectivity index (χ1) is 10.5. The summed E-state index contributed by atoms with van der Waals surface area (Å²) < 4.78 is 0. The van der Waals surface area contributed by atoms with E-state index in [0.29, 0.717) is 17.1 Å². The lowest BCUT2D eigenvalue weighted by atomic mass is 10.2. The van der Waals surface area contributed by atoms with Gasteiger partial charge in [0.15, 0.2) is 0 Å². The highest BCUT2D eigenvalue weighted by molar-refractivity contribution is 7.13. The third kappa shape index (κ3) is 4.14. The second-order valence-corrected chi connectivity index (χ2v) is 6.12. The molecule has 0 aliphatic carbocycles. The molecule has 22 heavy (non-hydrogen) atoms. The Kier molecular flexibility index (Phi) is 5.27. The van der Waals surface area contributed by atoms with E-state index in [4.69, 9.17) is 0 Å². The molecule has 0 saturated heterocycles. The fourth-order valence-corrected chi connectivity index (χ4v) is 3.06. The fraction of sp³-hybridized carbons (Fsp3) is 0.312. The van der Waals surface area contributed by atoms with Gasteiger partial charge in [0, 0.05) is 5.69 Å². The zero-order valence-corrected chi connectivity index (χ0v) is 13.4. The Bertz CT molecular complexity index is 694. The highest BCUT2D eigenvalue weighted by Gasteiger charge is 2.18. The van der Waals surface area contributed by atoms with Gasteiger partial charge in [0.05, 0.1) is 12.1 Å². The summed E-state index contributed by atoms with van der Waals surface area (Å²) in [5, 5.41) is 12.5. The summed E-state index contributed by atoms with van der Waals surface area (Å²) in [6.45, 7) is 3.92. The maximum Gasteiger partial charge on any atom is 0.347 e. The number of hydrogen-bond donors (Lipinski definition) is 2. The number of rotatable bonds is 6. The number of amides is 1. The van der Waals surface area contributed by atoms with Crippen LogP contribution in [0, 0.1) is 6.92 Å². The number of carboxylic acid groups (broad SMARTS) is 1. The van der Waals surface area contributed by atoms with Crippen molar-refractivity contribution in [3.8, 4) is 0 Å². The van der Waals surface area contributed by atoms with Crippen LogP contribution in [0.15, 0.2) is 24.3 Å². The molecule has 0 atom stereocenters. The van der Waals surface area contributed by atoms with Crippen molar-refractivity contribution in [2.24, 2.45) is 0 Å². The largest absolute Gasteiger partial charge is 0.477 e. The minimum absolute atomic E-state index is 0.0859. The van der Waals surface area contributed by atoms with Crippen LogP contribution >= 0.6 is 11.3 Å². The number of carbonyl (C=O) groups excluding carboxylic acids is 1. The van der Waals surface area contributed by atoms with E-state index in [1.54, 1.807) is 0 Å². The Hall–Kier alpha value is -2.21. The first kappa shape index (κ1) is 16.2. The van der Waals surface area contributed by atoms with E-state index in [2.05, 4.69) is 10.3 Å². The lowest BCUT2D eigenvalue weighted by molar-refractivity contribution is -0.115. The topological polar surface area (TPSA) is 79.3 Å². The van der Waals surface area contributed by atoms with Gasteiger partial charge in [-0.2, -0.15) is 0 Å². The second kappa shape index (κ2) is 7.17. The first-order valence-corrected chi connectivity index (χ1v) is 7.89. The molecule has 0 bridgehead atoms. The van der Waals surface area contributed by atoms with Crippen LogP contribution in [0.1, 0.15) is 39.3 Å². The molecule has 1 amide bonds. The number of carboxylic acids is 1. The number of aryl methyl sites for hydroxylation is 2. The van der Waals surface area contributed by atoms with Gasteiger partial charge in [0.1, 0.15) is 9.88 Å². The van der Waals surface area contributed by atoms with Gasteiger partial charge >= 0.3 is 5.97 Å². The van der Waals surface area contributed by atoms with Crippen LogP contribution in [-0.4, -0.2) is 22.0 Å². The Morgan fingerprint density at radius 2 is 2.14 bits per heavy atom. The van der Waals surface area contributed by atoms with E-state index in [1.807, 2.05) is 38.1 Å². The summed E-state index contributed by atoms with van der Waals surface area (Å²) in [4.78, 5) is 27.8. The monoisotopic (exact) mass is 318 g/mol. The molecule has 1 aromatic carbocycles. The zero-order chi connectivity index (χ0) is 16.1. The summed E-state index contributed by atoms with van der Waals surface area (Å²) in [6.07, 6.45) is 1.51. The molecule has 0 saturated carbocycles. The van der Waals surface area contributed by atoms with Gasteiger partial charge in [-0.05, 0) is 31.0 Å². The molecule has 6 heteroatoms. The summed E-state index contributed by atoms with van der Waals surface area (Å²) in [5.74, 6) is -1.18. The number of aromatic carboxylic acids is 1. The molecule has 5 nitrogen and oxygen atoms in total. The standard InChI is InChI=1S/C16H18N2O3S/c1-3-5-12-15(16(20)21)22-14(18-12)9-13(19)17-11-7-4-6-10(2)8-11/h4,6-8H,3,5,9H2,1-2H3,(H,17,19)(H,20,21). The molecule has 2 rings (SSSR count). The van der Waals surface area contributed by atoms with Gasteiger partial charge in [-0.3, -0.25) is 4.79 Å². The Labute approximate surface area is 133 Å². The van der Waals surface area contributed by atoms with E-state index in [1.165, 1.54) is 0 Å². The molecule has 0 aliphatic rings. The number of nitrogens with zero attached hydrogens (tertiary/aromatic N) is 1. The van der Waals surface area contributed by atoms with Crippen molar-refractivity contribution in [2.75, 3.05) is 5.32 Å². The van der Waals surface area contributed by atoms with Crippen molar-refractivity contribution in [2.45, 2.75) is 33.1 Å². The van der Waals surface area contributed by atoms with Crippen LogP contribution in [0.5, 0.6) is 0 Å². The molecule has 0 spiro atoms. The van der Waals surface area contributed by atoms with Crippen LogP contribution in [0.4, 0.5) is 5.69 Å². The summed E-state index contributed by atoms with van der Waals surface area (Å²) in [7, 11) is 0. The summed E-state index contributed by atoms with van der Waals surface area (Å²) in [6, 6.07) is 7.52. The number of hydrogen-bond acceptors (Lipinski definition) is 4. The van der Waals surface area contributed by atoms with E-state index in [0.717, 1.165) is 29.0 Å². The molecule has 116 valence electrons. The molecule has 1 aromatic heterocycles. The minimum Gasteiger partial charge on any atom is -0.477 e. The van der Waals surface area contributed by atoms with Gasteiger partial charge in [0.25, 0.3) is 0 Å². The maximum absolute atomic E-state index is 12.0. The third-order valence-corrected chi connectivity index (χ3v) is 4.12. The van der Waals surface area contributed by atoms with E-state index < -0.39 is 5.97 Å².